The minimum absolute atomic E-state index is 0.0469. The number of nitrogens with two attached hydrogens (primary N) is 1. The fraction of sp³-hybridized carbons (Fsp3) is 0.381. The summed E-state index contributed by atoms with van der Waals surface area (Å²) in [6, 6.07) is 5.00. The highest BCUT2D eigenvalue weighted by Crippen LogP contribution is 2.32. The molecule has 0 aliphatic carbocycles. The molecule has 9 nitrogen and oxygen atoms in total. The summed E-state index contributed by atoms with van der Waals surface area (Å²) >= 11 is 0. The normalized spacial score (nSPS) is 17.7. The van der Waals surface area contributed by atoms with E-state index in [0.717, 1.165) is 25.2 Å². The predicted octanol–water partition coefficient (Wildman–Crippen LogP) is 2.22. The largest absolute Gasteiger partial charge is 0.363 e. The maximum atomic E-state index is 13.9. The van der Waals surface area contributed by atoms with Crippen LogP contribution in [0.2, 0.25) is 0 Å². The van der Waals surface area contributed by atoms with E-state index in [1.54, 1.807) is 18.1 Å². The Kier molecular flexibility index (Phi) is 5.97. The van der Waals surface area contributed by atoms with Crippen molar-refractivity contribution in [1.29, 1.82) is 0 Å². The van der Waals surface area contributed by atoms with Gasteiger partial charge in [-0.15, -0.1) is 5.10 Å². The number of benzene rings is 1. The molecule has 3 aromatic rings. The van der Waals surface area contributed by atoms with E-state index in [4.69, 9.17) is 5.73 Å². The molecular weight excluding hydrogens is 420 g/mol. The van der Waals surface area contributed by atoms with E-state index in [0.29, 0.717) is 25.1 Å². The Balaban J connectivity index is 0.000000174. The van der Waals surface area contributed by atoms with E-state index < -0.39 is 23.6 Å². The second-order valence-electron chi connectivity index (χ2n) is 7.67. The van der Waals surface area contributed by atoms with Gasteiger partial charge in [-0.05, 0) is 31.4 Å². The van der Waals surface area contributed by atoms with Gasteiger partial charge in [-0.3, -0.25) is 9.59 Å². The molecule has 168 valence electrons. The number of aryl methyl sites for hydroxylation is 2. The molecule has 2 aromatic heterocycles. The van der Waals surface area contributed by atoms with Crippen molar-refractivity contribution in [1.82, 2.24) is 24.5 Å². The zero-order valence-electron chi connectivity index (χ0n) is 17.5. The molecule has 2 amide bonds. The molecular formula is C21H23F2N7O2. The number of nitrogens with zero attached hydrogens (tertiary/aromatic N) is 6. The Morgan fingerprint density at radius 1 is 1.16 bits per heavy atom. The molecule has 5 rings (SSSR count). The molecule has 0 fully saturated rings. The highest BCUT2D eigenvalue weighted by molar-refractivity contribution is 5.92. The molecule has 2 N–H and O–H groups in total. The van der Waals surface area contributed by atoms with E-state index in [2.05, 4.69) is 15.2 Å². The fourth-order valence-corrected chi connectivity index (χ4v) is 4.01. The molecule has 1 atom stereocenters. The number of carbonyl (C=O) groups is 2. The number of anilines is 1. The van der Waals surface area contributed by atoms with Crippen molar-refractivity contribution in [2.24, 2.45) is 5.73 Å². The van der Waals surface area contributed by atoms with Crippen LogP contribution in [0.1, 0.15) is 53.7 Å². The number of halogens is 2. The van der Waals surface area contributed by atoms with Crippen LogP contribution in [0, 0.1) is 11.6 Å². The van der Waals surface area contributed by atoms with E-state index in [-0.39, 0.29) is 17.3 Å². The smallest absolute Gasteiger partial charge is 0.288 e. The predicted molar refractivity (Wildman–Crippen MR) is 111 cm³/mol. The Bertz CT molecular complexity index is 1140. The summed E-state index contributed by atoms with van der Waals surface area (Å²) in [5, 5.41) is 8.11. The Morgan fingerprint density at radius 2 is 1.91 bits per heavy atom. The van der Waals surface area contributed by atoms with E-state index in [9.17, 15) is 18.4 Å². The third-order valence-electron chi connectivity index (χ3n) is 5.60. The van der Waals surface area contributed by atoms with Crippen molar-refractivity contribution in [3.05, 3.63) is 59.3 Å². The van der Waals surface area contributed by atoms with Crippen molar-refractivity contribution in [3.8, 4) is 0 Å². The van der Waals surface area contributed by atoms with Crippen LogP contribution in [0.5, 0.6) is 0 Å². The number of fused-ring (bicyclic) bond motifs is 2. The number of hydrogen-bond donors (Lipinski definition) is 1. The zero-order valence-corrected chi connectivity index (χ0v) is 17.5. The van der Waals surface area contributed by atoms with Crippen LogP contribution in [0.25, 0.3) is 0 Å². The molecule has 0 saturated heterocycles. The van der Waals surface area contributed by atoms with Crippen LogP contribution in [-0.4, -0.2) is 43.4 Å². The van der Waals surface area contributed by atoms with Gasteiger partial charge in [0.1, 0.15) is 23.3 Å². The molecule has 11 heteroatoms. The topological polar surface area (TPSA) is 112 Å². The lowest BCUT2D eigenvalue weighted by molar-refractivity contribution is -0.118. The summed E-state index contributed by atoms with van der Waals surface area (Å²) in [6.45, 7) is 0.846. The van der Waals surface area contributed by atoms with Gasteiger partial charge in [-0.2, -0.15) is 5.10 Å². The van der Waals surface area contributed by atoms with Gasteiger partial charge in [-0.1, -0.05) is 6.07 Å². The zero-order chi connectivity index (χ0) is 22.8. The van der Waals surface area contributed by atoms with Crippen molar-refractivity contribution in [3.63, 3.8) is 0 Å². The standard InChI is InChI=1S/C13H12F2N4O.C8H11N3O/c14-7-3-1-4-8(15)11(7)9-5-2-6-10-17-13(12(16)20)18-19(9)10;1-10-7-4-5-9-11(7)6-2-3-8(10)12/h1,3-4,9H,2,5-6H2,(H2,16,20);4-5H,2-3,6H2,1H3. The van der Waals surface area contributed by atoms with Crippen molar-refractivity contribution in [2.45, 2.75) is 44.7 Å². The summed E-state index contributed by atoms with van der Waals surface area (Å²) in [4.78, 5) is 28.2. The van der Waals surface area contributed by atoms with Gasteiger partial charge < -0.3 is 10.6 Å². The van der Waals surface area contributed by atoms with Crippen LogP contribution in [0.3, 0.4) is 0 Å². The van der Waals surface area contributed by atoms with Gasteiger partial charge in [0.15, 0.2) is 0 Å². The van der Waals surface area contributed by atoms with Gasteiger partial charge in [0.05, 0.1) is 12.2 Å². The molecule has 2 aliphatic heterocycles. The van der Waals surface area contributed by atoms with Gasteiger partial charge in [0.2, 0.25) is 11.7 Å². The van der Waals surface area contributed by atoms with Crippen molar-refractivity contribution < 1.29 is 18.4 Å². The van der Waals surface area contributed by atoms with Crippen LogP contribution < -0.4 is 10.6 Å². The third-order valence-corrected chi connectivity index (χ3v) is 5.60. The fourth-order valence-electron chi connectivity index (χ4n) is 4.01. The van der Waals surface area contributed by atoms with Crippen LogP contribution in [0.4, 0.5) is 14.6 Å². The first-order chi connectivity index (χ1) is 15.4. The van der Waals surface area contributed by atoms with Crippen molar-refractivity contribution >= 4 is 17.6 Å². The first-order valence-electron chi connectivity index (χ1n) is 10.3. The molecule has 0 radical (unpaired) electrons. The Hall–Kier alpha value is -3.63. The highest BCUT2D eigenvalue weighted by Gasteiger charge is 2.29. The molecule has 0 saturated carbocycles. The summed E-state index contributed by atoms with van der Waals surface area (Å²) in [5.41, 5.74) is 5.10. The van der Waals surface area contributed by atoms with Gasteiger partial charge in [0.25, 0.3) is 5.91 Å². The minimum Gasteiger partial charge on any atom is -0.363 e. The Morgan fingerprint density at radius 3 is 2.62 bits per heavy atom. The Labute approximate surface area is 182 Å². The lowest BCUT2D eigenvalue weighted by Gasteiger charge is -2.24. The van der Waals surface area contributed by atoms with E-state index in [1.165, 1.54) is 22.9 Å². The highest BCUT2D eigenvalue weighted by atomic mass is 19.1. The lowest BCUT2D eigenvalue weighted by Crippen LogP contribution is -2.25. The number of carbonyl (C=O) groups excluding carboxylic acids is 2. The van der Waals surface area contributed by atoms with Crippen LogP contribution in [-0.2, 0) is 17.8 Å². The molecule has 0 bridgehead atoms. The number of hydrogen-bond acceptors (Lipinski definition) is 5. The minimum atomic E-state index is -0.750. The summed E-state index contributed by atoms with van der Waals surface area (Å²) in [6.07, 6.45) is 5.09. The SMILES string of the molecule is CN1C(=O)CCCn2nccc21.NC(=O)c1nc2n(n1)C(c1c(F)cccc1F)CCC2. The monoisotopic (exact) mass is 443 g/mol. The van der Waals surface area contributed by atoms with Crippen LogP contribution >= 0.6 is 0 Å². The maximum absolute atomic E-state index is 13.9. The van der Waals surface area contributed by atoms with E-state index >= 15 is 0 Å². The molecule has 2 aliphatic rings. The number of amides is 2. The molecule has 0 spiro atoms. The van der Waals surface area contributed by atoms with Crippen LogP contribution in [0.15, 0.2) is 30.5 Å². The third kappa shape index (κ3) is 4.10. The van der Waals surface area contributed by atoms with Gasteiger partial charge >= 0.3 is 0 Å². The molecule has 32 heavy (non-hydrogen) atoms. The first-order valence-corrected chi connectivity index (χ1v) is 10.3. The first kappa shape index (κ1) is 21.6. The average Bonchev–Trinajstić information content (AvgIpc) is 3.38. The molecule has 4 heterocycles. The van der Waals surface area contributed by atoms with Gasteiger partial charge in [-0.25, -0.2) is 23.1 Å². The number of aromatic nitrogens is 5. The second-order valence-corrected chi connectivity index (χ2v) is 7.67. The maximum Gasteiger partial charge on any atom is 0.288 e. The second kappa shape index (κ2) is 8.85. The van der Waals surface area contributed by atoms with Gasteiger partial charge in [0, 0.05) is 38.1 Å². The summed E-state index contributed by atoms with van der Waals surface area (Å²) in [5.74, 6) is -0.522. The number of primary amides is 1. The lowest BCUT2D eigenvalue weighted by atomic mass is 9.97. The molecule has 1 aromatic carbocycles. The number of rotatable bonds is 2. The summed E-state index contributed by atoms with van der Waals surface area (Å²) < 4.78 is 31.1. The quantitative estimate of drug-likeness (QED) is 0.653. The summed E-state index contributed by atoms with van der Waals surface area (Å²) in [7, 11) is 1.79. The van der Waals surface area contributed by atoms with E-state index in [1.807, 2.05) is 10.7 Å². The van der Waals surface area contributed by atoms with Crippen molar-refractivity contribution in [2.75, 3.05) is 11.9 Å². The average molecular weight is 443 g/mol. The molecule has 1 unspecified atom stereocenters.